The molecule has 1 heterocycles. The lowest BCUT2D eigenvalue weighted by Gasteiger charge is -2.11. The normalized spacial score (nSPS) is 10.3. The minimum absolute atomic E-state index is 0.281. The largest absolute Gasteiger partial charge is 0.494 e. The number of nitrogens with one attached hydrogen (secondary N) is 2. The molecule has 2 aromatic rings. The van der Waals surface area contributed by atoms with Gasteiger partial charge in [-0.15, -0.1) is 0 Å². The number of methoxy groups -OCH3 is 1. The van der Waals surface area contributed by atoms with Crippen molar-refractivity contribution in [3.05, 3.63) is 35.2 Å². The zero-order valence-corrected chi connectivity index (χ0v) is 11.1. The molecule has 0 spiro atoms. The highest BCUT2D eigenvalue weighted by molar-refractivity contribution is 6.07. The van der Waals surface area contributed by atoms with Crippen LogP contribution in [-0.2, 0) is 0 Å². The molecule has 1 aromatic carbocycles. The van der Waals surface area contributed by atoms with E-state index >= 15 is 0 Å². The summed E-state index contributed by atoms with van der Waals surface area (Å²) in [6, 6.07) is 5.06. The molecule has 6 heteroatoms. The van der Waals surface area contributed by atoms with Gasteiger partial charge in [0.1, 0.15) is 0 Å². The molecule has 0 saturated heterocycles. The molecule has 0 aliphatic heterocycles. The van der Waals surface area contributed by atoms with Crippen LogP contribution in [0, 0.1) is 13.8 Å². The number of aromatic amines is 1. The monoisotopic (exact) mass is 260 g/mol. The fraction of sp³-hybridized carbons (Fsp3) is 0.231. The maximum Gasteiger partial charge on any atom is 0.259 e. The molecule has 0 fully saturated rings. The number of anilines is 2. The van der Waals surface area contributed by atoms with Gasteiger partial charge in [-0.2, -0.15) is 5.10 Å². The Labute approximate surface area is 111 Å². The number of amides is 1. The first-order chi connectivity index (χ1) is 9.04. The van der Waals surface area contributed by atoms with Gasteiger partial charge in [-0.3, -0.25) is 9.89 Å². The van der Waals surface area contributed by atoms with Crippen LogP contribution in [0.3, 0.4) is 0 Å². The minimum Gasteiger partial charge on any atom is -0.494 e. The second-order valence-electron chi connectivity index (χ2n) is 4.19. The highest BCUT2D eigenvalue weighted by Crippen LogP contribution is 2.27. The van der Waals surface area contributed by atoms with E-state index in [2.05, 4.69) is 15.5 Å². The number of carbonyl (C=O) groups excluding carboxylic acids is 1. The number of nitrogens with two attached hydrogens (primary N) is 1. The third-order valence-corrected chi connectivity index (χ3v) is 2.86. The Morgan fingerprint density at radius 2 is 2.16 bits per heavy atom. The molecule has 0 aliphatic rings. The number of H-pyrrole nitrogens is 1. The summed E-state index contributed by atoms with van der Waals surface area (Å²) >= 11 is 0. The zero-order valence-electron chi connectivity index (χ0n) is 11.1. The van der Waals surface area contributed by atoms with Gasteiger partial charge in [0, 0.05) is 0 Å². The molecule has 0 atom stereocenters. The number of ether oxygens (including phenoxy) is 1. The van der Waals surface area contributed by atoms with Crippen LogP contribution in [-0.4, -0.2) is 23.2 Å². The molecule has 2 rings (SSSR count). The Hall–Kier alpha value is -2.50. The summed E-state index contributed by atoms with van der Waals surface area (Å²) in [5, 5.41) is 9.65. The van der Waals surface area contributed by atoms with Gasteiger partial charge in [-0.1, -0.05) is 6.07 Å². The van der Waals surface area contributed by atoms with Crippen molar-refractivity contribution in [3.63, 3.8) is 0 Å². The van der Waals surface area contributed by atoms with Crippen LogP contribution in [0.25, 0.3) is 0 Å². The number of hydrogen-bond acceptors (Lipinski definition) is 4. The van der Waals surface area contributed by atoms with Crippen molar-refractivity contribution in [2.75, 3.05) is 18.2 Å². The fourth-order valence-electron chi connectivity index (χ4n) is 1.88. The van der Waals surface area contributed by atoms with Crippen LogP contribution in [0.2, 0.25) is 0 Å². The fourth-order valence-corrected chi connectivity index (χ4v) is 1.88. The third kappa shape index (κ3) is 2.37. The van der Waals surface area contributed by atoms with E-state index in [1.807, 2.05) is 13.8 Å². The Morgan fingerprint density at radius 1 is 1.42 bits per heavy atom. The predicted octanol–water partition coefficient (Wildman–Crippen LogP) is 1.87. The molecule has 1 aromatic heterocycles. The molecule has 19 heavy (non-hydrogen) atoms. The molecule has 0 bridgehead atoms. The number of aromatic nitrogens is 2. The molecule has 0 saturated carbocycles. The number of para-hydroxylation sites is 1. The van der Waals surface area contributed by atoms with Crippen molar-refractivity contribution in [3.8, 4) is 5.75 Å². The average molecular weight is 260 g/mol. The van der Waals surface area contributed by atoms with Gasteiger partial charge in [0.2, 0.25) is 0 Å². The number of carbonyl (C=O) groups is 1. The lowest BCUT2D eigenvalue weighted by molar-refractivity contribution is 0.102. The molecule has 100 valence electrons. The Balaban J connectivity index is 2.33. The third-order valence-electron chi connectivity index (χ3n) is 2.86. The van der Waals surface area contributed by atoms with Crippen LogP contribution in [0.15, 0.2) is 18.2 Å². The van der Waals surface area contributed by atoms with Crippen LogP contribution in [0.5, 0.6) is 5.75 Å². The van der Waals surface area contributed by atoms with Gasteiger partial charge >= 0.3 is 0 Å². The molecule has 0 aliphatic carbocycles. The summed E-state index contributed by atoms with van der Waals surface area (Å²) in [4.78, 5) is 12.3. The van der Waals surface area contributed by atoms with Crippen LogP contribution in [0.4, 0.5) is 11.4 Å². The van der Waals surface area contributed by atoms with Gasteiger partial charge in [0.05, 0.1) is 35.4 Å². The smallest absolute Gasteiger partial charge is 0.259 e. The van der Waals surface area contributed by atoms with E-state index in [1.165, 1.54) is 7.11 Å². The first-order valence-corrected chi connectivity index (χ1v) is 5.80. The lowest BCUT2D eigenvalue weighted by atomic mass is 10.1. The van der Waals surface area contributed by atoms with Gasteiger partial charge in [-0.25, -0.2) is 0 Å². The molecule has 6 nitrogen and oxygen atoms in total. The Morgan fingerprint density at radius 3 is 2.74 bits per heavy atom. The van der Waals surface area contributed by atoms with Gasteiger partial charge in [0.15, 0.2) is 5.75 Å². The number of hydrogen-bond donors (Lipinski definition) is 3. The molecule has 0 radical (unpaired) electrons. The molecular weight excluding hydrogens is 244 g/mol. The van der Waals surface area contributed by atoms with Crippen LogP contribution in [0.1, 0.15) is 21.7 Å². The predicted molar refractivity (Wildman–Crippen MR) is 73.4 cm³/mol. The first-order valence-electron chi connectivity index (χ1n) is 5.80. The highest BCUT2D eigenvalue weighted by Gasteiger charge is 2.17. The molecular formula is C13H16N4O2. The van der Waals surface area contributed by atoms with Gasteiger partial charge in [0.25, 0.3) is 5.91 Å². The zero-order chi connectivity index (χ0) is 14.0. The molecule has 4 N–H and O–H groups in total. The van der Waals surface area contributed by atoms with Crippen molar-refractivity contribution >= 4 is 17.3 Å². The second-order valence-corrected chi connectivity index (χ2v) is 4.19. The Kier molecular flexibility index (Phi) is 3.41. The van der Waals surface area contributed by atoms with Crippen LogP contribution < -0.4 is 15.8 Å². The quantitative estimate of drug-likeness (QED) is 0.734. The van der Waals surface area contributed by atoms with Crippen molar-refractivity contribution in [1.82, 2.24) is 10.2 Å². The van der Waals surface area contributed by atoms with E-state index in [1.54, 1.807) is 18.2 Å². The van der Waals surface area contributed by atoms with Crippen molar-refractivity contribution in [2.45, 2.75) is 13.8 Å². The van der Waals surface area contributed by atoms with Gasteiger partial charge < -0.3 is 15.8 Å². The maximum absolute atomic E-state index is 12.3. The summed E-state index contributed by atoms with van der Waals surface area (Å²) in [7, 11) is 1.48. The van der Waals surface area contributed by atoms with Crippen molar-refractivity contribution in [1.29, 1.82) is 0 Å². The molecule has 1 amide bonds. The second kappa shape index (κ2) is 5.01. The maximum atomic E-state index is 12.3. The van der Waals surface area contributed by atoms with Crippen molar-refractivity contribution < 1.29 is 9.53 Å². The summed E-state index contributed by atoms with van der Waals surface area (Å²) in [6.07, 6.45) is 0. The van der Waals surface area contributed by atoms with Crippen LogP contribution >= 0.6 is 0 Å². The lowest BCUT2D eigenvalue weighted by Crippen LogP contribution is -2.14. The summed E-state index contributed by atoms with van der Waals surface area (Å²) in [5.74, 6) is 0.0931. The van der Waals surface area contributed by atoms with E-state index in [0.29, 0.717) is 22.7 Å². The SMILES string of the molecule is COc1c(N)cccc1C(=O)Nc1c(C)n[nH]c1C. The standard InChI is InChI=1S/C13H16N4O2/c1-7-11(8(2)17-16-7)15-13(18)9-5-4-6-10(14)12(9)19-3/h4-6H,14H2,1-3H3,(H,15,18)(H,16,17). The summed E-state index contributed by atoms with van der Waals surface area (Å²) < 4.78 is 5.17. The van der Waals surface area contributed by atoms with E-state index in [9.17, 15) is 4.79 Å². The topological polar surface area (TPSA) is 93.0 Å². The number of nitrogen functional groups attached to an aromatic ring is 1. The number of rotatable bonds is 3. The summed E-state index contributed by atoms with van der Waals surface area (Å²) in [5.41, 5.74) is 8.80. The minimum atomic E-state index is -0.281. The Bertz CT molecular complexity index is 600. The summed E-state index contributed by atoms with van der Waals surface area (Å²) in [6.45, 7) is 3.65. The van der Waals surface area contributed by atoms with E-state index in [4.69, 9.17) is 10.5 Å². The van der Waals surface area contributed by atoms with E-state index in [0.717, 1.165) is 11.4 Å². The average Bonchev–Trinajstić information content (AvgIpc) is 2.70. The van der Waals surface area contributed by atoms with Crippen molar-refractivity contribution in [2.24, 2.45) is 0 Å². The van der Waals surface area contributed by atoms with E-state index in [-0.39, 0.29) is 5.91 Å². The number of nitrogens with zero attached hydrogens (tertiary/aromatic N) is 1. The number of aryl methyl sites for hydroxylation is 2. The number of benzene rings is 1. The van der Waals surface area contributed by atoms with E-state index < -0.39 is 0 Å². The van der Waals surface area contributed by atoms with Gasteiger partial charge in [-0.05, 0) is 26.0 Å². The molecule has 0 unspecified atom stereocenters. The first kappa shape index (κ1) is 12.9. The highest BCUT2D eigenvalue weighted by atomic mass is 16.5.